The van der Waals surface area contributed by atoms with Gasteiger partial charge in [0.05, 0.1) is 6.61 Å². The zero-order chi connectivity index (χ0) is 14.1. The van der Waals surface area contributed by atoms with Gasteiger partial charge in [-0.1, -0.05) is 19.9 Å². The number of benzene rings is 1. The van der Waals surface area contributed by atoms with E-state index >= 15 is 0 Å². The van der Waals surface area contributed by atoms with Crippen molar-refractivity contribution in [3.8, 4) is 5.75 Å². The molecule has 1 aromatic carbocycles. The molecule has 0 aromatic heterocycles. The van der Waals surface area contributed by atoms with Crippen molar-refractivity contribution in [3.63, 3.8) is 0 Å². The van der Waals surface area contributed by atoms with E-state index in [4.69, 9.17) is 4.74 Å². The number of hydrogen-bond acceptors (Lipinski definition) is 3. The minimum atomic E-state index is 0.171. The van der Waals surface area contributed by atoms with Gasteiger partial charge < -0.3 is 9.64 Å². The second-order valence-electron chi connectivity index (χ2n) is 5.88. The predicted octanol–water partition coefficient (Wildman–Crippen LogP) is 3.24. The Bertz CT molecular complexity index is 515. The SMILES string of the molecule is CC(C)CN1C(=O)CCSC1c1ccc2c(c1)CCO2. The number of thioether (sulfide) groups is 1. The lowest BCUT2D eigenvalue weighted by atomic mass is 10.1. The second-order valence-corrected chi connectivity index (χ2v) is 7.07. The average Bonchev–Trinajstić information content (AvgIpc) is 2.88. The fourth-order valence-corrected chi connectivity index (χ4v) is 4.09. The van der Waals surface area contributed by atoms with Crippen molar-refractivity contribution in [1.82, 2.24) is 4.90 Å². The summed E-state index contributed by atoms with van der Waals surface area (Å²) in [5.41, 5.74) is 2.53. The monoisotopic (exact) mass is 291 g/mol. The van der Waals surface area contributed by atoms with Crippen LogP contribution in [0.2, 0.25) is 0 Å². The molecule has 4 heteroatoms. The van der Waals surface area contributed by atoms with Crippen molar-refractivity contribution < 1.29 is 9.53 Å². The molecular formula is C16H21NO2S. The Balaban J connectivity index is 1.87. The maximum Gasteiger partial charge on any atom is 0.224 e. The molecule has 1 saturated heterocycles. The predicted molar refractivity (Wildman–Crippen MR) is 82.0 cm³/mol. The van der Waals surface area contributed by atoms with Crippen LogP contribution < -0.4 is 4.74 Å². The van der Waals surface area contributed by atoms with Crippen molar-refractivity contribution in [2.45, 2.75) is 32.1 Å². The van der Waals surface area contributed by atoms with Crippen LogP contribution in [0.3, 0.4) is 0 Å². The summed E-state index contributed by atoms with van der Waals surface area (Å²) < 4.78 is 5.57. The van der Waals surface area contributed by atoms with Crippen LogP contribution in [0.5, 0.6) is 5.75 Å². The molecule has 1 aromatic rings. The average molecular weight is 291 g/mol. The molecule has 3 nitrogen and oxygen atoms in total. The molecule has 1 fully saturated rings. The second kappa shape index (κ2) is 5.68. The molecular weight excluding hydrogens is 270 g/mol. The number of carbonyl (C=O) groups is 1. The Hall–Kier alpha value is -1.16. The van der Waals surface area contributed by atoms with E-state index in [9.17, 15) is 4.79 Å². The summed E-state index contributed by atoms with van der Waals surface area (Å²) >= 11 is 1.88. The molecule has 1 amide bonds. The molecule has 0 radical (unpaired) electrons. The zero-order valence-electron chi connectivity index (χ0n) is 12.1. The molecule has 20 heavy (non-hydrogen) atoms. The molecule has 2 aliphatic heterocycles. The first kappa shape index (κ1) is 13.8. The van der Waals surface area contributed by atoms with Crippen LogP contribution >= 0.6 is 11.8 Å². The highest BCUT2D eigenvalue weighted by Crippen LogP contribution is 2.39. The normalized spacial score (nSPS) is 22.1. The molecule has 1 unspecified atom stereocenters. The molecule has 2 aliphatic rings. The smallest absolute Gasteiger partial charge is 0.224 e. The summed E-state index contributed by atoms with van der Waals surface area (Å²) in [6, 6.07) is 6.41. The van der Waals surface area contributed by atoms with Gasteiger partial charge in [0.15, 0.2) is 0 Å². The van der Waals surface area contributed by atoms with Crippen LogP contribution in [-0.4, -0.2) is 29.7 Å². The van der Waals surface area contributed by atoms with Crippen LogP contribution in [0, 0.1) is 5.92 Å². The fraction of sp³-hybridized carbons (Fsp3) is 0.562. The number of amides is 1. The van der Waals surface area contributed by atoms with E-state index in [1.165, 1.54) is 11.1 Å². The number of ether oxygens (including phenoxy) is 1. The van der Waals surface area contributed by atoms with Gasteiger partial charge >= 0.3 is 0 Å². The summed E-state index contributed by atoms with van der Waals surface area (Å²) in [5, 5.41) is 0.171. The van der Waals surface area contributed by atoms with Gasteiger partial charge in [0.2, 0.25) is 5.91 Å². The Labute approximate surface area is 124 Å². The first-order valence-electron chi connectivity index (χ1n) is 7.32. The van der Waals surface area contributed by atoms with E-state index in [2.05, 4.69) is 36.9 Å². The maximum atomic E-state index is 12.2. The molecule has 0 aliphatic carbocycles. The van der Waals surface area contributed by atoms with E-state index in [0.717, 1.165) is 31.1 Å². The van der Waals surface area contributed by atoms with Crippen LogP contribution in [0.1, 0.15) is 36.8 Å². The molecule has 3 rings (SSSR count). The van der Waals surface area contributed by atoms with Gasteiger partial charge in [-0.05, 0) is 29.2 Å². The van der Waals surface area contributed by atoms with Crippen LogP contribution in [0.4, 0.5) is 0 Å². The van der Waals surface area contributed by atoms with E-state index in [0.29, 0.717) is 18.2 Å². The molecule has 2 heterocycles. The van der Waals surface area contributed by atoms with Crippen LogP contribution in [-0.2, 0) is 11.2 Å². The number of hydrogen-bond donors (Lipinski definition) is 0. The third-order valence-electron chi connectivity index (χ3n) is 3.76. The van der Waals surface area contributed by atoms with Gasteiger partial charge in [-0.15, -0.1) is 11.8 Å². The lowest BCUT2D eigenvalue weighted by Gasteiger charge is -2.36. The largest absolute Gasteiger partial charge is 0.493 e. The Morgan fingerprint density at radius 3 is 3.05 bits per heavy atom. The number of rotatable bonds is 3. The molecule has 0 bridgehead atoms. The quantitative estimate of drug-likeness (QED) is 0.856. The standard InChI is InChI=1S/C16H21NO2S/c1-11(2)10-17-15(18)6-8-20-16(17)13-3-4-14-12(9-13)5-7-19-14/h3-4,9,11,16H,5-8,10H2,1-2H3. The molecule has 1 atom stereocenters. The highest BCUT2D eigenvalue weighted by molar-refractivity contribution is 7.99. The van der Waals surface area contributed by atoms with Gasteiger partial charge in [-0.3, -0.25) is 4.79 Å². The molecule has 0 N–H and O–H groups in total. The molecule has 108 valence electrons. The summed E-state index contributed by atoms with van der Waals surface area (Å²) in [6.07, 6.45) is 1.65. The summed E-state index contributed by atoms with van der Waals surface area (Å²) in [4.78, 5) is 14.3. The number of nitrogens with zero attached hydrogens (tertiary/aromatic N) is 1. The van der Waals surface area contributed by atoms with Gasteiger partial charge in [-0.2, -0.15) is 0 Å². The first-order valence-corrected chi connectivity index (χ1v) is 8.36. The third-order valence-corrected chi connectivity index (χ3v) is 5.04. The van der Waals surface area contributed by atoms with Crippen LogP contribution in [0.15, 0.2) is 18.2 Å². The first-order chi connectivity index (χ1) is 9.65. The highest BCUT2D eigenvalue weighted by atomic mass is 32.2. The lowest BCUT2D eigenvalue weighted by molar-refractivity contribution is -0.132. The summed E-state index contributed by atoms with van der Waals surface area (Å²) in [7, 11) is 0. The summed E-state index contributed by atoms with van der Waals surface area (Å²) in [6.45, 7) is 5.95. The van der Waals surface area contributed by atoms with Crippen LogP contribution in [0.25, 0.3) is 0 Å². The third kappa shape index (κ3) is 2.66. The van der Waals surface area contributed by atoms with E-state index in [1.54, 1.807) is 0 Å². The minimum Gasteiger partial charge on any atom is -0.493 e. The fourth-order valence-electron chi connectivity index (χ4n) is 2.85. The van der Waals surface area contributed by atoms with Gasteiger partial charge in [-0.25, -0.2) is 0 Å². The minimum absolute atomic E-state index is 0.171. The van der Waals surface area contributed by atoms with Gasteiger partial charge in [0.1, 0.15) is 11.1 Å². The van der Waals surface area contributed by atoms with Crippen molar-refractivity contribution in [3.05, 3.63) is 29.3 Å². The number of fused-ring (bicyclic) bond motifs is 1. The van der Waals surface area contributed by atoms with E-state index < -0.39 is 0 Å². The van der Waals surface area contributed by atoms with Gasteiger partial charge in [0.25, 0.3) is 0 Å². The topological polar surface area (TPSA) is 29.5 Å². The summed E-state index contributed by atoms with van der Waals surface area (Å²) in [5.74, 6) is 2.72. The maximum absolute atomic E-state index is 12.2. The Kier molecular flexibility index (Phi) is 3.92. The van der Waals surface area contributed by atoms with E-state index in [-0.39, 0.29) is 5.37 Å². The van der Waals surface area contributed by atoms with Crippen molar-refractivity contribution in [2.24, 2.45) is 5.92 Å². The van der Waals surface area contributed by atoms with E-state index in [1.807, 2.05) is 11.8 Å². The zero-order valence-corrected chi connectivity index (χ0v) is 12.9. The Morgan fingerprint density at radius 2 is 2.25 bits per heavy atom. The van der Waals surface area contributed by atoms with Crippen molar-refractivity contribution >= 4 is 17.7 Å². The highest BCUT2D eigenvalue weighted by Gasteiger charge is 2.30. The molecule has 0 spiro atoms. The van der Waals surface area contributed by atoms with Crippen molar-refractivity contribution in [1.29, 1.82) is 0 Å². The number of carbonyl (C=O) groups excluding carboxylic acids is 1. The van der Waals surface area contributed by atoms with Crippen molar-refractivity contribution in [2.75, 3.05) is 18.9 Å². The van der Waals surface area contributed by atoms with Gasteiger partial charge in [0, 0.05) is 25.1 Å². The lowest BCUT2D eigenvalue weighted by Crippen LogP contribution is -2.39. The Morgan fingerprint density at radius 1 is 1.40 bits per heavy atom. The molecule has 0 saturated carbocycles.